The van der Waals surface area contributed by atoms with Crippen molar-refractivity contribution in [1.82, 2.24) is 10.3 Å². The van der Waals surface area contributed by atoms with Gasteiger partial charge in [-0.1, -0.05) is 18.2 Å². The molecule has 1 aromatic heterocycles. The molecular weight excluding hydrogens is 326 g/mol. The fraction of sp³-hybridized carbons (Fsp3) is 0.176. The molecule has 122 valence electrons. The summed E-state index contributed by atoms with van der Waals surface area (Å²) >= 11 is 1.66. The smallest absolute Gasteiger partial charge is 0.270 e. The zero-order valence-electron chi connectivity index (χ0n) is 12.8. The molecule has 1 N–H and O–H groups in total. The number of nitrogens with zero attached hydrogens (tertiary/aromatic N) is 2. The normalized spacial score (nSPS) is 10.7. The Hall–Kier alpha value is -2.80. The van der Waals surface area contributed by atoms with Crippen LogP contribution in [0.5, 0.6) is 0 Å². The van der Waals surface area contributed by atoms with Crippen LogP contribution in [0.1, 0.15) is 21.8 Å². The van der Waals surface area contributed by atoms with E-state index < -0.39 is 4.92 Å². The second-order valence-corrected chi connectivity index (χ2v) is 6.36. The highest BCUT2D eigenvalue weighted by Crippen LogP contribution is 2.22. The molecule has 0 aliphatic rings. The van der Waals surface area contributed by atoms with Crippen LogP contribution in [0.25, 0.3) is 10.2 Å². The molecule has 0 aliphatic carbocycles. The van der Waals surface area contributed by atoms with E-state index in [1.807, 2.05) is 24.3 Å². The first-order valence-electron chi connectivity index (χ1n) is 7.50. The van der Waals surface area contributed by atoms with Crippen LogP contribution in [0.3, 0.4) is 0 Å². The molecule has 0 aliphatic heterocycles. The van der Waals surface area contributed by atoms with Gasteiger partial charge in [0, 0.05) is 30.7 Å². The average Bonchev–Trinajstić information content (AvgIpc) is 3.01. The molecule has 3 rings (SSSR count). The van der Waals surface area contributed by atoms with Crippen molar-refractivity contribution in [2.45, 2.75) is 12.8 Å². The molecule has 7 heteroatoms. The summed E-state index contributed by atoms with van der Waals surface area (Å²) in [4.78, 5) is 26.8. The second kappa shape index (κ2) is 7.18. The number of aryl methyl sites for hydroxylation is 1. The lowest BCUT2D eigenvalue weighted by Gasteiger charge is -2.04. The SMILES string of the molecule is O=C(NCCCc1nc2ccccc2s1)c1cccc([N+](=O)[O-])c1. The number of rotatable bonds is 6. The third kappa shape index (κ3) is 3.75. The molecule has 6 nitrogen and oxygen atoms in total. The average molecular weight is 341 g/mol. The maximum absolute atomic E-state index is 12.0. The maximum Gasteiger partial charge on any atom is 0.270 e. The van der Waals surface area contributed by atoms with E-state index in [0.29, 0.717) is 12.1 Å². The monoisotopic (exact) mass is 341 g/mol. The molecule has 2 aromatic carbocycles. The van der Waals surface area contributed by atoms with Crippen molar-refractivity contribution in [3.63, 3.8) is 0 Å². The van der Waals surface area contributed by atoms with E-state index in [-0.39, 0.29) is 11.6 Å². The molecule has 3 aromatic rings. The topological polar surface area (TPSA) is 85.1 Å². The van der Waals surface area contributed by atoms with Crippen LogP contribution < -0.4 is 5.32 Å². The van der Waals surface area contributed by atoms with Crippen molar-refractivity contribution in [1.29, 1.82) is 0 Å². The molecule has 0 bridgehead atoms. The van der Waals surface area contributed by atoms with Gasteiger partial charge in [-0.15, -0.1) is 11.3 Å². The Kier molecular flexibility index (Phi) is 4.81. The molecule has 1 amide bonds. The van der Waals surface area contributed by atoms with Crippen molar-refractivity contribution in [3.05, 3.63) is 69.2 Å². The van der Waals surface area contributed by atoms with Crippen LogP contribution in [-0.2, 0) is 6.42 Å². The minimum Gasteiger partial charge on any atom is -0.352 e. The lowest BCUT2D eigenvalue weighted by atomic mass is 10.2. The molecule has 0 spiro atoms. The van der Waals surface area contributed by atoms with Gasteiger partial charge in [-0.25, -0.2) is 4.98 Å². The highest BCUT2D eigenvalue weighted by molar-refractivity contribution is 7.18. The lowest BCUT2D eigenvalue weighted by molar-refractivity contribution is -0.384. The molecule has 0 radical (unpaired) electrons. The highest BCUT2D eigenvalue weighted by Gasteiger charge is 2.11. The van der Waals surface area contributed by atoms with Gasteiger partial charge in [-0.05, 0) is 24.6 Å². The number of benzene rings is 2. The van der Waals surface area contributed by atoms with Crippen molar-refractivity contribution >= 4 is 33.1 Å². The molecule has 1 heterocycles. The fourth-order valence-corrected chi connectivity index (χ4v) is 3.34. The molecule has 0 saturated carbocycles. The van der Waals surface area contributed by atoms with Crippen molar-refractivity contribution in [2.24, 2.45) is 0 Å². The number of nitro benzene ring substituents is 1. The number of fused-ring (bicyclic) bond motifs is 1. The molecule has 0 unspecified atom stereocenters. The summed E-state index contributed by atoms with van der Waals surface area (Å²) in [5.74, 6) is -0.303. The Labute approximate surface area is 142 Å². The maximum atomic E-state index is 12.0. The van der Waals surface area contributed by atoms with E-state index in [4.69, 9.17) is 0 Å². The van der Waals surface area contributed by atoms with Crippen molar-refractivity contribution in [2.75, 3.05) is 6.54 Å². The van der Waals surface area contributed by atoms with Gasteiger partial charge in [-0.3, -0.25) is 14.9 Å². The number of para-hydroxylation sites is 1. The Morgan fingerprint density at radius 2 is 2.04 bits per heavy atom. The van der Waals surface area contributed by atoms with Crippen LogP contribution in [0.2, 0.25) is 0 Å². The van der Waals surface area contributed by atoms with Gasteiger partial charge in [0.05, 0.1) is 20.1 Å². The summed E-state index contributed by atoms with van der Waals surface area (Å²) in [6, 6.07) is 13.7. The standard InChI is InChI=1S/C17H15N3O3S/c21-17(12-5-3-6-13(11-12)20(22)23)18-10-4-9-16-19-14-7-1-2-8-15(14)24-16/h1-3,5-8,11H,4,9-10H2,(H,18,21). The first kappa shape index (κ1) is 16.1. The summed E-state index contributed by atoms with van der Waals surface area (Å²) in [7, 11) is 0. The van der Waals surface area contributed by atoms with E-state index >= 15 is 0 Å². The first-order chi connectivity index (χ1) is 11.6. The second-order valence-electron chi connectivity index (χ2n) is 5.24. The fourth-order valence-electron chi connectivity index (χ4n) is 2.33. The molecule has 0 atom stereocenters. The predicted molar refractivity (Wildman–Crippen MR) is 93.4 cm³/mol. The van der Waals surface area contributed by atoms with E-state index in [9.17, 15) is 14.9 Å². The third-order valence-corrected chi connectivity index (χ3v) is 4.61. The summed E-state index contributed by atoms with van der Waals surface area (Å²) in [6.45, 7) is 0.497. The molecule has 24 heavy (non-hydrogen) atoms. The Bertz CT molecular complexity index is 858. The van der Waals surface area contributed by atoms with E-state index in [0.717, 1.165) is 28.1 Å². The lowest BCUT2D eigenvalue weighted by Crippen LogP contribution is -2.24. The summed E-state index contributed by atoms with van der Waals surface area (Å²) in [5, 5.41) is 14.6. The number of aromatic nitrogens is 1. The van der Waals surface area contributed by atoms with Gasteiger partial charge in [0.25, 0.3) is 11.6 Å². The largest absolute Gasteiger partial charge is 0.352 e. The van der Waals surface area contributed by atoms with E-state index in [1.54, 1.807) is 17.4 Å². The summed E-state index contributed by atoms with van der Waals surface area (Å²) in [6.07, 6.45) is 1.55. The number of carbonyl (C=O) groups is 1. The number of hydrogen-bond donors (Lipinski definition) is 1. The van der Waals surface area contributed by atoms with E-state index in [1.165, 1.54) is 18.2 Å². The highest BCUT2D eigenvalue weighted by atomic mass is 32.1. The number of hydrogen-bond acceptors (Lipinski definition) is 5. The van der Waals surface area contributed by atoms with Gasteiger partial charge < -0.3 is 5.32 Å². The zero-order chi connectivity index (χ0) is 16.9. The quantitative estimate of drug-likeness (QED) is 0.422. The number of nitro groups is 1. The van der Waals surface area contributed by atoms with Crippen LogP contribution >= 0.6 is 11.3 Å². The van der Waals surface area contributed by atoms with Crippen molar-refractivity contribution < 1.29 is 9.72 Å². The van der Waals surface area contributed by atoms with Gasteiger partial charge >= 0.3 is 0 Å². The molecule has 0 saturated heterocycles. The molecule has 0 fully saturated rings. The van der Waals surface area contributed by atoms with Crippen LogP contribution in [0, 0.1) is 10.1 Å². The third-order valence-electron chi connectivity index (χ3n) is 3.51. The molecular formula is C17H15N3O3S. The minimum absolute atomic E-state index is 0.0860. The summed E-state index contributed by atoms with van der Waals surface area (Å²) in [5.41, 5.74) is 1.21. The van der Waals surface area contributed by atoms with Crippen LogP contribution in [0.15, 0.2) is 48.5 Å². The summed E-state index contributed by atoms with van der Waals surface area (Å²) < 4.78 is 1.16. The number of carbonyl (C=O) groups excluding carboxylic acids is 1. The van der Waals surface area contributed by atoms with Gasteiger partial charge in [0.15, 0.2) is 0 Å². The number of non-ortho nitro benzene ring substituents is 1. The number of thiazole rings is 1. The Morgan fingerprint density at radius 3 is 2.83 bits per heavy atom. The van der Waals surface area contributed by atoms with Crippen molar-refractivity contribution in [3.8, 4) is 0 Å². The van der Waals surface area contributed by atoms with E-state index in [2.05, 4.69) is 10.3 Å². The number of amides is 1. The van der Waals surface area contributed by atoms with Gasteiger partial charge in [-0.2, -0.15) is 0 Å². The number of nitrogens with one attached hydrogen (secondary N) is 1. The van der Waals surface area contributed by atoms with Crippen LogP contribution in [-0.4, -0.2) is 22.4 Å². The Balaban J connectivity index is 1.51. The Morgan fingerprint density at radius 1 is 1.21 bits per heavy atom. The van der Waals surface area contributed by atoms with Gasteiger partial charge in [0.1, 0.15) is 0 Å². The predicted octanol–water partition coefficient (Wildman–Crippen LogP) is 3.57. The zero-order valence-corrected chi connectivity index (χ0v) is 13.6. The van der Waals surface area contributed by atoms with Gasteiger partial charge in [0.2, 0.25) is 0 Å². The van der Waals surface area contributed by atoms with Crippen LogP contribution in [0.4, 0.5) is 5.69 Å². The first-order valence-corrected chi connectivity index (χ1v) is 8.32. The minimum atomic E-state index is -0.510.